The van der Waals surface area contributed by atoms with E-state index >= 15 is 0 Å². The van der Waals surface area contributed by atoms with Crippen LogP contribution in [0, 0.1) is 0 Å². The second-order valence-corrected chi connectivity index (χ2v) is 6.82. The van der Waals surface area contributed by atoms with Crippen molar-refractivity contribution >= 4 is 21.9 Å². The van der Waals surface area contributed by atoms with Gasteiger partial charge in [-0.1, -0.05) is 6.07 Å². The average molecular weight is 312 g/mol. The topological polar surface area (TPSA) is 104 Å². The molecule has 2 rings (SSSR count). The van der Waals surface area contributed by atoms with Gasteiger partial charge in [0.1, 0.15) is 0 Å². The van der Waals surface area contributed by atoms with E-state index in [1.54, 1.807) is 0 Å². The first kappa shape index (κ1) is 15.5. The largest absolute Gasteiger partial charge is 0.478 e. The SMILES string of the molecule is CC(=O)NC1CCN(S(=O)(=O)c2cccc(C(=O)O)c2)C1. The molecular formula is C13H16N2O5S. The number of aromatic carboxylic acids is 1. The predicted octanol–water partition coefficient (Wildman–Crippen LogP) is 0.284. The number of carboxylic acids is 1. The smallest absolute Gasteiger partial charge is 0.335 e. The zero-order valence-corrected chi connectivity index (χ0v) is 12.3. The number of carboxylic acid groups (broad SMARTS) is 1. The molecule has 1 saturated heterocycles. The molecule has 1 atom stereocenters. The number of benzene rings is 1. The number of carbonyl (C=O) groups is 2. The Balaban J connectivity index is 2.21. The summed E-state index contributed by atoms with van der Waals surface area (Å²) in [5.74, 6) is -1.38. The van der Waals surface area contributed by atoms with Gasteiger partial charge in [-0.25, -0.2) is 13.2 Å². The molecule has 0 bridgehead atoms. The van der Waals surface area contributed by atoms with Crippen LogP contribution in [0.15, 0.2) is 29.2 Å². The minimum atomic E-state index is -3.74. The van der Waals surface area contributed by atoms with Crippen molar-refractivity contribution in [1.82, 2.24) is 9.62 Å². The highest BCUT2D eigenvalue weighted by Gasteiger charge is 2.33. The number of amides is 1. The van der Waals surface area contributed by atoms with Gasteiger partial charge in [-0.15, -0.1) is 0 Å². The zero-order valence-electron chi connectivity index (χ0n) is 11.4. The fourth-order valence-corrected chi connectivity index (χ4v) is 3.84. The summed E-state index contributed by atoms with van der Waals surface area (Å²) in [6, 6.07) is 5.04. The Morgan fingerprint density at radius 2 is 2.10 bits per heavy atom. The van der Waals surface area contributed by atoms with Gasteiger partial charge in [-0.3, -0.25) is 4.79 Å². The average Bonchev–Trinajstić information content (AvgIpc) is 2.87. The van der Waals surface area contributed by atoms with Gasteiger partial charge in [-0.2, -0.15) is 4.31 Å². The van der Waals surface area contributed by atoms with Gasteiger partial charge in [0.25, 0.3) is 0 Å². The molecule has 7 nitrogen and oxygen atoms in total. The van der Waals surface area contributed by atoms with Crippen LogP contribution in [0.1, 0.15) is 23.7 Å². The molecule has 0 saturated carbocycles. The number of carbonyl (C=O) groups excluding carboxylic acids is 1. The van der Waals surface area contributed by atoms with Crippen LogP contribution in [-0.4, -0.2) is 48.8 Å². The third kappa shape index (κ3) is 3.40. The van der Waals surface area contributed by atoms with Crippen LogP contribution in [0.4, 0.5) is 0 Å². The van der Waals surface area contributed by atoms with Crippen molar-refractivity contribution in [3.63, 3.8) is 0 Å². The molecule has 0 aliphatic carbocycles. The summed E-state index contributed by atoms with van der Waals surface area (Å²) < 4.78 is 26.2. The molecular weight excluding hydrogens is 296 g/mol. The minimum absolute atomic E-state index is 0.0501. The van der Waals surface area contributed by atoms with Crippen molar-refractivity contribution in [1.29, 1.82) is 0 Å². The molecule has 0 aromatic heterocycles. The first-order valence-electron chi connectivity index (χ1n) is 6.41. The van der Waals surface area contributed by atoms with Crippen LogP contribution >= 0.6 is 0 Å². The number of nitrogens with one attached hydrogen (secondary N) is 1. The van der Waals surface area contributed by atoms with E-state index in [0.717, 1.165) is 6.07 Å². The number of hydrogen-bond acceptors (Lipinski definition) is 4. The second-order valence-electron chi connectivity index (χ2n) is 4.88. The molecule has 2 N–H and O–H groups in total. The summed E-state index contributed by atoms with van der Waals surface area (Å²) in [5.41, 5.74) is -0.0753. The third-order valence-corrected chi connectivity index (χ3v) is 5.14. The summed E-state index contributed by atoms with van der Waals surface area (Å²) in [4.78, 5) is 21.9. The molecule has 1 unspecified atom stereocenters. The highest BCUT2D eigenvalue weighted by molar-refractivity contribution is 7.89. The number of rotatable bonds is 4. The molecule has 1 aliphatic rings. The van der Waals surface area contributed by atoms with Gasteiger partial charge in [0.2, 0.25) is 15.9 Å². The van der Waals surface area contributed by atoms with Crippen LogP contribution < -0.4 is 5.32 Å². The third-order valence-electron chi connectivity index (χ3n) is 3.28. The standard InChI is InChI=1S/C13H16N2O5S/c1-9(16)14-11-5-6-15(8-11)21(19,20)12-4-2-3-10(7-12)13(17)18/h2-4,7,11H,5-6,8H2,1H3,(H,14,16)(H,17,18). The lowest BCUT2D eigenvalue weighted by molar-refractivity contribution is -0.119. The Hall–Kier alpha value is -1.93. The van der Waals surface area contributed by atoms with Crippen molar-refractivity contribution < 1.29 is 23.1 Å². The van der Waals surface area contributed by atoms with Gasteiger partial charge in [-0.05, 0) is 24.6 Å². The fraction of sp³-hybridized carbons (Fsp3) is 0.385. The van der Waals surface area contributed by atoms with Crippen molar-refractivity contribution in [2.24, 2.45) is 0 Å². The van der Waals surface area contributed by atoms with E-state index in [0.29, 0.717) is 13.0 Å². The Bertz CT molecular complexity index is 671. The summed E-state index contributed by atoms with van der Waals surface area (Å²) in [5, 5.41) is 11.6. The van der Waals surface area contributed by atoms with E-state index < -0.39 is 16.0 Å². The summed E-state index contributed by atoms with van der Waals surface area (Å²) in [7, 11) is -3.74. The van der Waals surface area contributed by atoms with Gasteiger partial charge >= 0.3 is 5.97 Å². The van der Waals surface area contributed by atoms with Crippen LogP contribution in [0.2, 0.25) is 0 Å². The molecule has 21 heavy (non-hydrogen) atoms. The highest BCUT2D eigenvalue weighted by atomic mass is 32.2. The van der Waals surface area contributed by atoms with Crippen molar-refractivity contribution in [2.45, 2.75) is 24.3 Å². The monoisotopic (exact) mass is 312 g/mol. The Morgan fingerprint density at radius 1 is 1.38 bits per heavy atom. The summed E-state index contributed by atoms with van der Waals surface area (Å²) >= 11 is 0. The Labute approximate surface area is 122 Å². The molecule has 1 amide bonds. The maximum atomic E-state index is 12.5. The van der Waals surface area contributed by atoms with Gasteiger partial charge in [0.05, 0.1) is 10.5 Å². The number of sulfonamides is 1. The maximum Gasteiger partial charge on any atom is 0.335 e. The van der Waals surface area contributed by atoms with Crippen molar-refractivity contribution in [2.75, 3.05) is 13.1 Å². The summed E-state index contributed by atoms with van der Waals surface area (Å²) in [6.07, 6.45) is 0.539. The van der Waals surface area contributed by atoms with Gasteiger partial charge in [0, 0.05) is 26.1 Å². The fourth-order valence-electron chi connectivity index (χ4n) is 2.29. The molecule has 114 valence electrons. The maximum absolute atomic E-state index is 12.5. The first-order chi connectivity index (χ1) is 9.80. The Morgan fingerprint density at radius 3 is 2.71 bits per heavy atom. The van der Waals surface area contributed by atoms with Crippen LogP contribution in [-0.2, 0) is 14.8 Å². The zero-order chi connectivity index (χ0) is 15.6. The van der Waals surface area contributed by atoms with Crippen LogP contribution in [0.25, 0.3) is 0 Å². The van der Waals surface area contributed by atoms with E-state index in [4.69, 9.17) is 5.11 Å². The molecule has 1 aromatic carbocycles. The molecule has 1 aromatic rings. The quantitative estimate of drug-likeness (QED) is 0.831. The van der Waals surface area contributed by atoms with E-state index in [2.05, 4.69) is 5.32 Å². The molecule has 0 spiro atoms. The highest BCUT2D eigenvalue weighted by Crippen LogP contribution is 2.22. The lowest BCUT2D eigenvalue weighted by atomic mass is 10.2. The lowest BCUT2D eigenvalue weighted by Crippen LogP contribution is -2.37. The second kappa shape index (κ2) is 5.82. The molecule has 8 heteroatoms. The van der Waals surface area contributed by atoms with E-state index in [-0.39, 0.29) is 29.0 Å². The lowest BCUT2D eigenvalue weighted by Gasteiger charge is -2.17. The molecule has 1 fully saturated rings. The molecule has 1 heterocycles. The van der Waals surface area contributed by atoms with Crippen molar-refractivity contribution in [3.05, 3.63) is 29.8 Å². The number of nitrogens with zero attached hydrogens (tertiary/aromatic N) is 1. The van der Waals surface area contributed by atoms with E-state index in [1.807, 2.05) is 0 Å². The van der Waals surface area contributed by atoms with E-state index in [1.165, 1.54) is 29.4 Å². The normalized spacial score (nSPS) is 19.4. The number of hydrogen-bond donors (Lipinski definition) is 2. The minimum Gasteiger partial charge on any atom is -0.478 e. The van der Waals surface area contributed by atoms with Crippen LogP contribution in [0.3, 0.4) is 0 Å². The van der Waals surface area contributed by atoms with Crippen molar-refractivity contribution in [3.8, 4) is 0 Å². The molecule has 1 aliphatic heterocycles. The van der Waals surface area contributed by atoms with Crippen LogP contribution in [0.5, 0.6) is 0 Å². The summed E-state index contributed by atoms with van der Waals surface area (Å²) in [6.45, 7) is 1.87. The van der Waals surface area contributed by atoms with Gasteiger partial charge < -0.3 is 10.4 Å². The molecule has 0 radical (unpaired) electrons. The predicted molar refractivity (Wildman–Crippen MR) is 74.4 cm³/mol. The Kier molecular flexibility index (Phi) is 4.29. The van der Waals surface area contributed by atoms with E-state index in [9.17, 15) is 18.0 Å². The van der Waals surface area contributed by atoms with Gasteiger partial charge in [0.15, 0.2) is 0 Å². The first-order valence-corrected chi connectivity index (χ1v) is 7.85.